The van der Waals surface area contributed by atoms with Gasteiger partial charge < -0.3 is 20.3 Å². The summed E-state index contributed by atoms with van der Waals surface area (Å²) in [5, 5.41) is 7.16. The van der Waals surface area contributed by atoms with E-state index in [0.29, 0.717) is 5.11 Å². The van der Waals surface area contributed by atoms with Crippen LogP contribution in [0.2, 0.25) is 0 Å². The minimum Gasteiger partial charge on any atom is -0.497 e. The number of ether oxygens (including phenoxy) is 1. The normalized spacial score (nSPS) is 12.1. The van der Waals surface area contributed by atoms with Gasteiger partial charge in [-0.05, 0) is 50.4 Å². The van der Waals surface area contributed by atoms with E-state index in [4.69, 9.17) is 17.0 Å². The molecule has 2 N–H and O–H groups in total. The van der Waals surface area contributed by atoms with Crippen molar-refractivity contribution in [1.29, 1.82) is 0 Å². The van der Waals surface area contributed by atoms with E-state index in [2.05, 4.69) is 48.7 Å². The molecule has 5 heteroatoms. The molecule has 0 aliphatic rings. The summed E-state index contributed by atoms with van der Waals surface area (Å²) in [6.07, 6.45) is 1.06. The Kier molecular flexibility index (Phi) is 7.33. The first-order valence-corrected chi connectivity index (χ1v) is 7.31. The van der Waals surface area contributed by atoms with Gasteiger partial charge in [0.05, 0.1) is 13.2 Å². The number of hydrogen-bond acceptors (Lipinski definition) is 3. The van der Waals surface area contributed by atoms with Gasteiger partial charge in [-0.2, -0.15) is 0 Å². The lowest BCUT2D eigenvalue weighted by Crippen LogP contribution is -2.40. The molecule has 0 saturated carbocycles. The molecule has 0 radical (unpaired) electrons. The van der Waals surface area contributed by atoms with E-state index < -0.39 is 0 Å². The lowest BCUT2D eigenvalue weighted by atomic mass is 10.1. The van der Waals surface area contributed by atoms with Crippen LogP contribution in [0.25, 0.3) is 0 Å². The van der Waals surface area contributed by atoms with Crippen molar-refractivity contribution in [3.05, 3.63) is 29.8 Å². The lowest BCUT2D eigenvalue weighted by molar-refractivity contribution is 0.297. The largest absolute Gasteiger partial charge is 0.497 e. The molecular formula is C15H25N3OS. The monoisotopic (exact) mass is 295 g/mol. The molecule has 0 amide bonds. The van der Waals surface area contributed by atoms with Gasteiger partial charge >= 0.3 is 0 Å². The van der Waals surface area contributed by atoms with Crippen LogP contribution >= 0.6 is 12.2 Å². The summed E-state index contributed by atoms with van der Waals surface area (Å²) in [7, 11) is 5.81. The third-order valence-electron chi connectivity index (χ3n) is 3.09. The van der Waals surface area contributed by atoms with Gasteiger partial charge in [0.2, 0.25) is 0 Å². The molecule has 0 bridgehead atoms. The summed E-state index contributed by atoms with van der Waals surface area (Å²) in [5.74, 6) is 0.876. The van der Waals surface area contributed by atoms with Crippen molar-refractivity contribution in [1.82, 2.24) is 15.5 Å². The first-order chi connectivity index (χ1) is 9.58. The maximum atomic E-state index is 5.29. The highest BCUT2D eigenvalue weighted by molar-refractivity contribution is 7.80. The second kappa shape index (κ2) is 8.76. The highest BCUT2D eigenvalue weighted by Crippen LogP contribution is 2.21. The van der Waals surface area contributed by atoms with Crippen LogP contribution in [0.3, 0.4) is 0 Å². The molecule has 0 fully saturated rings. The fourth-order valence-corrected chi connectivity index (χ4v) is 2.12. The van der Waals surface area contributed by atoms with E-state index in [1.165, 1.54) is 5.56 Å². The number of methoxy groups -OCH3 is 1. The lowest BCUT2D eigenvalue weighted by Gasteiger charge is -2.26. The van der Waals surface area contributed by atoms with Crippen molar-refractivity contribution >= 4 is 17.3 Å². The van der Waals surface area contributed by atoms with E-state index in [0.717, 1.165) is 25.3 Å². The van der Waals surface area contributed by atoms with Gasteiger partial charge in [0.1, 0.15) is 5.75 Å². The van der Waals surface area contributed by atoms with Gasteiger partial charge in [-0.15, -0.1) is 0 Å². The first-order valence-electron chi connectivity index (χ1n) is 6.90. The van der Waals surface area contributed by atoms with Crippen molar-refractivity contribution in [2.24, 2.45) is 0 Å². The van der Waals surface area contributed by atoms with E-state index >= 15 is 0 Å². The van der Waals surface area contributed by atoms with Crippen LogP contribution in [0.4, 0.5) is 0 Å². The van der Waals surface area contributed by atoms with Gasteiger partial charge in [0.15, 0.2) is 5.11 Å². The van der Waals surface area contributed by atoms with Gasteiger partial charge in [-0.3, -0.25) is 0 Å². The van der Waals surface area contributed by atoms with E-state index in [9.17, 15) is 0 Å². The number of hydrogen-bond donors (Lipinski definition) is 2. The molecule has 1 rings (SSSR count). The molecule has 0 heterocycles. The van der Waals surface area contributed by atoms with Gasteiger partial charge in [-0.25, -0.2) is 0 Å². The average molecular weight is 295 g/mol. The average Bonchev–Trinajstić information content (AvgIpc) is 2.45. The molecule has 0 spiro atoms. The summed E-state index contributed by atoms with van der Waals surface area (Å²) < 4.78 is 5.29. The molecule has 0 aliphatic carbocycles. The summed E-state index contributed by atoms with van der Waals surface area (Å²) in [6.45, 7) is 3.78. The van der Waals surface area contributed by atoms with E-state index in [1.54, 1.807) is 7.11 Å². The van der Waals surface area contributed by atoms with Gasteiger partial charge in [-0.1, -0.05) is 19.1 Å². The van der Waals surface area contributed by atoms with Crippen LogP contribution in [0.1, 0.15) is 24.9 Å². The van der Waals surface area contributed by atoms with Crippen LogP contribution in [0.15, 0.2) is 24.3 Å². The highest BCUT2D eigenvalue weighted by atomic mass is 32.1. The fraction of sp³-hybridized carbons (Fsp3) is 0.533. The zero-order valence-corrected chi connectivity index (χ0v) is 13.6. The quantitative estimate of drug-likeness (QED) is 0.754. The third-order valence-corrected chi connectivity index (χ3v) is 3.38. The number of nitrogens with zero attached hydrogens (tertiary/aromatic N) is 1. The standard InChI is InChI=1S/C15H25N3OS/c1-5-9-16-15(20)17-11-14(18(2)3)12-7-6-8-13(10-12)19-4/h6-8,10,14H,5,9,11H2,1-4H3,(H2,16,17,20). The molecule has 1 aromatic rings. The topological polar surface area (TPSA) is 36.5 Å². The number of likely N-dealkylation sites (N-methyl/N-ethyl adjacent to an activating group) is 1. The number of benzene rings is 1. The van der Waals surface area contributed by atoms with Gasteiger partial charge in [0, 0.05) is 13.1 Å². The van der Waals surface area contributed by atoms with Crippen molar-refractivity contribution in [3.63, 3.8) is 0 Å². The highest BCUT2D eigenvalue weighted by Gasteiger charge is 2.14. The molecule has 1 aromatic carbocycles. The zero-order valence-electron chi connectivity index (χ0n) is 12.8. The van der Waals surface area contributed by atoms with Crippen LogP contribution in [0.5, 0.6) is 5.75 Å². The Bertz CT molecular complexity index is 423. The van der Waals surface area contributed by atoms with Crippen LogP contribution < -0.4 is 15.4 Å². The summed E-state index contributed by atoms with van der Waals surface area (Å²) in [6, 6.07) is 8.38. The SMILES string of the molecule is CCCNC(=S)NCC(c1cccc(OC)c1)N(C)C. The van der Waals surface area contributed by atoms with Crippen LogP contribution in [-0.2, 0) is 0 Å². The van der Waals surface area contributed by atoms with Crippen LogP contribution in [-0.4, -0.2) is 44.3 Å². The number of rotatable bonds is 7. The molecule has 0 saturated heterocycles. The Hall–Kier alpha value is -1.33. The Labute approximate surface area is 127 Å². The predicted octanol–water partition coefficient (Wildman–Crippen LogP) is 2.17. The molecule has 4 nitrogen and oxygen atoms in total. The minimum absolute atomic E-state index is 0.242. The molecular weight excluding hydrogens is 270 g/mol. The number of nitrogens with one attached hydrogen (secondary N) is 2. The summed E-state index contributed by atoms with van der Waals surface area (Å²) in [5.41, 5.74) is 1.21. The predicted molar refractivity (Wildman–Crippen MR) is 88.3 cm³/mol. The van der Waals surface area contributed by atoms with Crippen molar-refractivity contribution in [2.75, 3.05) is 34.3 Å². The molecule has 112 valence electrons. The third kappa shape index (κ3) is 5.35. The molecule has 0 aromatic heterocycles. The molecule has 1 atom stereocenters. The zero-order chi connectivity index (χ0) is 15.0. The first kappa shape index (κ1) is 16.7. The van der Waals surface area contributed by atoms with Crippen molar-refractivity contribution in [3.8, 4) is 5.75 Å². The van der Waals surface area contributed by atoms with Crippen molar-refractivity contribution in [2.45, 2.75) is 19.4 Å². The molecule has 0 aliphatic heterocycles. The Morgan fingerprint density at radius 2 is 2.10 bits per heavy atom. The fourth-order valence-electron chi connectivity index (χ4n) is 1.94. The number of thiocarbonyl (C=S) groups is 1. The van der Waals surface area contributed by atoms with Crippen LogP contribution in [0, 0.1) is 0 Å². The Morgan fingerprint density at radius 3 is 2.70 bits per heavy atom. The smallest absolute Gasteiger partial charge is 0.166 e. The minimum atomic E-state index is 0.242. The molecule has 1 unspecified atom stereocenters. The Balaban J connectivity index is 2.66. The maximum Gasteiger partial charge on any atom is 0.166 e. The van der Waals surface area contributed by atoms with E-state index in [-0.39, 0.29) is 6.04 Å². The second-order valence-electron chi connectivity index (χ2n) is 4.89. The van der Waals surface area contributed by atoms with Gasteiger partial charge in [0.25, 0.3) is 0 Å². The second-order valence-corrected chi connectivity index (χ2v) is 5.30. The van der Waals surface area contributed by atoms with E-state index in [1.807, 2.05) is 12.1 Å². The van der Waals surface area contributed by atoms with Crippen molar-refractivity contribution < 1.29 is 4.74 Å². The Morgan fingerprint density at radius 1 is 1.35 bits per heavy atom. The summed E-state index contributed by atoms with van der Waals surface area (Å²) in [4.78, 5) is 2.17. The molecule has 20 heavy (non-hydrogen) atoms. The summed E-state index contributed by atoms with van der Waals surface area (Å²) >= 11 is 5.26. The maximum absolute atomic E-state index is 5.29.